The molecule has 0 saturated carbocycles. The van der Waals surface area contributed by atoms with Gasteiger partial charge in [-0.25, -0.2) is 0 Å². The second-order valence-corrected chi connectivity index (χ2v) is 5.97. The molecular weight excluding hydrogens is 304 g/mol. The van der Waals surface area contributed by atoms with Crippen LogP contribution in [-0.4, -0.2) is 30.9 Å². The van der Waals surface area contributed by atoms with Gasteiger partial charge in [0, 0.05) is 24.0 Å². The van der Waals surface area contributed by atoms with E-state index in [4.69, 9.17) is 5.73 Å². The van der Waals surface area contributed by atoms with E-state index in [-0.39, 0.29) is 11.8 Å². The van der Waals surface area contributed by atoms with Crippen molar-refractivity contribution in [3.63, 3.8) is 0 Å². The van der Waals surface area contributed by atoms with Gasteiger partial charge in [0.05, 0.1) is 0 Å². The van der Waals surface area contributed by atoms with E-state index in [0.717, 1.165) is 23.9 Å². The Hall–Kier alpha value is -0.870. The number of carbonyl (C=O) groups excluding carboxylic acids is 1. The average molecular weight is 327 g/mol. The summed E-state index contributed by atoms with van der Waals surface area (Å²) < 4.78 is 1.08. The zero-order chi connectivity index (χ0) is 14.4. The van der Waals surface area contributed by atoms with Crippen LogP contribution in [0.3, 0.4) is 0 Å². The van der Waals surface area contributed by atoms with Gasteiger partial charge in [-0.05, 0) is 49.6 Å². The smallest absolute Gasteiger partial charge is 0.225 e. The zero-order valence-electron chi connectivity index (χ0n) is 11.9. The molecule has 1 aromatic carbocycles. The number of nitrogens with zero attached hydrogens (tertiary/aromatic N) is 1. The molecule has 0 spiro atoms. The lowest BCUT2D eigenvalue weighted by Gasteiger charge is -2.21. The molecule has 19 heavy (non-hydrogen) atoms. The first kappa shape index (κ1) is 16.2. The van der Waals surface area contributed by atoms with Gasteiger partial charge in [0.25, 0.3) is 0 Å². The molecule has 0 aliphatic heterocycles. The normalized spacial score (nSPS) is 12.3. The highest BCUT2D eigenvalue weighted by atomic mass is 79.9. The highest BCUT2D eigenvalue weighted by Crippen LogP contribution is 2.17. The summed E-state index contributed by atoms with van der Waals surface area (Å²) in [6, 6.07) is 6.26. The number of hydrogen-bond donors (Lipinski definition) is 1. The lowest BCUT2D eigenvalue weighted by atomic mass is 10.0. The summed E-state index contributed by atoms with van der Waals surface area (Å²) in [5, 5.41) is 0. The molecule has 0 aliphatic carbocycles. The van der Waals surface area contributed by atoms with Crippen LogP contribution < -0.4 is 5.73 Å². The molecular formula is C15H23BrN2O. The molecule has 0 fully saturated rings. The van der Waals surface area contributed by atoms with E-state index in [1.54, 1.807) is 4.90 Å². The van der Waals surface area contributed by atoms with Crippen molar-refractivity contribution in [2.24, 2.45) is 11.7 Å². The van der Waals surface area contributed by atoms with Crippen LogP contribution in [0.25, 0.3) is 0 Å². The van der Waals surface area contributed by atoms with Crippen molar-refractivity contribution in [3.8, 4) is 0 Å². The minimum atomic E-state index is 0.0126. The SMILES string of the molecule is Cc1ccc(Br)cc1CCN(C)C(=O)C(C)CCN. The van der Waals surface area contributed by atoms with Crippen LogP contribution in [0.5, 0.6) is 0 Å². The topological polar surface area (TPSA) is 46.3 Å². The Morgan fingerprint density at radius 2 is 2.16 bits per heavy atom. The van der Waals surface area contributed by atoms with Crippen molar-refractivity contribution < 1.29 is 4.79 Å². The standard InChI is InChI=1S/C15H23BrN2O/c1-11-4-5-14(16)10-13(11)7-9-18(3)15(19)12(2)6-8-17/h4-5,10,12H,6-9,17H2,1-3H3. The first-order chi connectivity index (χ1) is 8.95. The molecule has 106 valence electrons. The summed E-state index contributed by atoms with van der Waals surface area (Å²) in [6.45, 7) is 5.34. The summed E-state index contributed by atoms with van der Waals surface area (Å²) in [5.74, 6) is 0.191. The number of hydrogen-bond acceptors (Lipinski definition) is 2. The van der Waals surface area contributed by atoms with E-state index in [1.807, 2.05) is 20.0 Å². The van der Waals surface area contributed by atoms with Gasteiger partial charge in [0.1, 0.15) is 0 Å². The molecule has 0 aliphatic rings. The van der Waals surface area contributed by atoms with Crippen LogP contribution in [0.1, 0.15) is 24.5 Å². The summed E-state index contributed by atoms with van der Waals surface area (Å²) in [7, 11) is 1.86. The molecule has 3 nitrogen and oxygen atoms in total. The van der Waals surface area contributed by atoms with Crippen molar-refractivity contribution >= 4 is 21.8 Å². The molecule has 2 N–H and O–H groups in total. The second kappa shape index (κ2) is 7.65. The van der Waals surface area contributed by atoms with Crippen molar-refractivity contribution in [3.05, 3.63) is 33.8 Å². The molecule has 1 rings (SSSR count). The van der Waals surface area contributed by atoms with Gasteiger partial charge in [0.2, 0.25) is 5.91 Å². The molecule has 1 unspecified atom stereocenters. The van der Waals surface area contributed by atoms with Gasteiger partial charge in [-0.3, -0.25) is 4.79 Å². The van der Waals surface area contributed by atoms with Gasteiger partial charge < -0.3 is 10.6 Å². The second-order valence-electron chi connectivity index (χ2n) is 5.06. The summed E-state index contributed by atoms with van der Waals surface area (Å²) in [5.41, 5.74) is 8.03. The van der Waals surface area contributed by atoms with E-state index in [0.29, 0.717) is 6.54 Å². The van der Waals surface area contributed by atoms with Crippen LogP contribution in [0.4, 0.5) is 0 Å². The Bertz CT molecular complexity index is 434. The third-order valence-electron chi connectivity index (χ3n) is 3.43. The fourth-order valence-corrected chi connectivity index (χ4v) is 2.47. The minimum absolute atomic E-state index is 0.0126. The van der Waals surface area contributed by atoms with E-state index in [1.165, 1.54) is 11.1 Å². The number of benzene rings is 1. The number of amides is 1. The fraction of sp³-hybridized carbons (Fsp3) is 0.533. The number of carbonyl (C=O) groups is 1. The van der Waals surface area contributed by atoms with Crippen LogP contribution in [0.2, 0.25) is 0 Å². The van der Waals surface area contributed by atoms with Crippen LogP contribution in [-0.2, 0) is 11.2 Å². The zero-order valence-corrected chi connectivity index (χ0v) is 13.5. The maximum atomic E-state index is 12.1. The first-order valence-electron chi connectivity index (χ1n) is 6.65. The molecule has 1 amide bonds. The molecule has 1 atom stereocenters. The Kier molecular flexibility index (Phi) is 6.52. The lowest BCUT2D eigenvalue weighted by Crippen LogP contribution is -2.34. The van der Waals surface area contributed by atoms with E-state index in [9.17, 15) is 4.79 Å². The van der Waals surface area contributed by atoms with Gasteiger partial charge in [-0.15, -0.1) is 0 Å². The van der Waals surface area contributed by atoms with Gasteiger partial charge >= 0.3 is 0 Å². The maximum absolute atomic E-state index is 12.1. The van der Waals surface area contributed by atoms with Crippen LogP contribution in [0.15, 0.2) is 22.7 Å². The number of likely N-dealkylation sites (N-methyl/N-ethyl adjacent to an activating group) is 1. The number of halogens is 1. The predicted octanol–water partition coefficient (Wildman–Crippen LogP) is 2.74. The monoisotopic (exact) mass is 326 g/mol. The van der Waals surface area contributed by atoms with Crippen LogP contribution >= 0.6 is 15.9 Å². The highest BCUT2D eigenvalue weighted by molar-refractivity contribution is 9.10. The van der Waals surface area contributed by atoms with Gasteiger partial charge in [-0.2, -0.15) is 0 Å². The molecule has 0 aromatic heterocycles. The summed E-state index contributed by atoms with van der Waals surface area (Å²) in [6.07, 6.45) is 1.63. The van der Waals surface area contributed by atoms with E-state index in [2.05, 4.69) is 35.0 Å². The quantitative estimate of drug-likeness (QED) is 0.873. The van der Waals surface area contributed by atoms with Crippen LogP contribution in [0, 0.1) is 12.8 Å². The van der Waals surface area contributed by atoms with Crippen molar-refractivity contribution in [2.45, 2.75) is 26.7 Å². The molecule has 0 saturated heterocycles. The van der Waals surface area contributed by atoms with E-state index >= 15 is 0 Å². The molecule has 4 heteroatoms. The Morgan fingerprint density at radius 1 is 1.47 bits per heavy atom. The molecule has 0 radical (unpaired) electrons. The number of aryl methyl sites for hydroxylation is 1. The summed E-state index contributed by atoms with van der Waals surface area (Å²) >= 11 is 3.48. The Balaban J connectivity index is 2.56. The van der Waals surface area contributed by atoms with Crippen molar-refractivity contribution in [1.29, 1.82) is 0 Å². The minimum Gasteiger partial charge on any atom is -0.345 e. The molecule has 0 bridgehead atoms. The molecule has 1 aromatic rings. The van der Waals surface area contributed by atoms with E-state index < -0.39 is 0 Å². The highest BCUT2D eigenvalue weighted by Gasteiger charge is 2.16. The van der Waals surface area contributed by atoms with Gasteiger partial charge in [-0.1, -0.05) is 28.9 Å². The third kappa shape index (κ3) is 4.96. The molecule has 0 heterocycles. The van der Waals surface area contributed by atoms with Crippen molar-refractivity contribution in [2.75, 3.05) is 20.1 Å². The Labute approximate surface area is 124 Å². The maximum Gasteiger partial charge on any atom is 0.225 e. The summed E-state index contributed by atoms with van der Waals surface area (Å²) in [4.78, 5) is 13.9. The fourth-order valence-electron chi connectivity index (χ4n) is 2.06. The number of nitrogens with two attached hydrogens (primary N) is 1. The van der Waals surface area contributed by atoms with Crippen molar-refractivity contribution in [1.82, 2.24) is 4.90 Å². The average Bonchev–Trinajstić information content (AvgIpc) is 2.38. The third-order valence-corrected chi connectivity index (χ3v) is 3.92. The number of rotatable bonds is 6. The predicted molar refractivity (Wildman–Crippen MR) is 83.1 cm³/mol. The van der Waals surface area contributed by atoms with Gasteiger partial charge in [0.15, 0.2) is 0 Å². The Morgan fingerprint density at radius 3 is 2.79 bits per heavy atom. The first-order valence-corrected chi connectivity index (χ1v) is 7.45. The lowest BCUT2D eigenvalue weighted by molar-refractivity contribution is -0.133. The largest absolute Gasteiger partial charge is 0.345 e.